The molecule has 0 spiro atoms. The smallest absolute Gasteiger partial charge is 0.437 e. The number of rotatable bonds is 5. The maximum absolute atomic E-state index is 12.7. The quantitative estimate of drug-likeness (QED) is 0.587. The molecule has 0 atom stereocenters. The number of nitrogens with zero attached hydrogens (tertiary/aromatic N) is 4. The van der Waals surface area contributed by atoms with Crippen LogP contribution >= 0.6 is 11.6 Å². The zero-order chi connectivity index (χ0) is 22.9. The van der Waals surface area contributed by atoms with Gasteiger partial charge in [-0.2, -0.15) is 10.2 Å². The van der Waals surface area contributed by atoms with Crippen molar-refractivity contribution in [1.82, 2.24) is 19.6 Å². The topological polar surface area (TPSA) is 91.0 Å². The molecule has 4 rings (SSSR count). The van der Waals surface area contributed by atoms with Gasteiger partial charge in [0.05, 0.1) is 24.0 Å². The van der Waals surface area contributed by atoms with Crippen LogP contribution in [0, 0.1) is 0 Å². The highest BCUT2D eigenvalue weighted by molar-refractivity contribution is 6.30. The number of carbonyl (C=O) groups excluding carboxylic acids is 2. The minimum Gasteiger partial charge on any atom is -0.442 e. The summed E-state index contributed by atoms with van der Waals surface area (Å²) in [7, 11) is 0. The van der Waals surface area contributed by atoms with Crippen molar-refractivity contribution >= 4 is 29.4 Å². The highest BCUT2D eigenvalue weighted by Crippen LogP contribution is 2.36. The molecule has 0 aliphatic heterocycles. The molecule has 168 valence electrons. The molecule has 1 amide bonds. The van der Waals surface area contributed by atoms with Gasteiger partial charge in [-0.1, -0.05) is 24.1 Å². The normalized spacial score (nSPS) is 14.1. The van der Waals surface area contributed by atoms with E-state index in [1.165, 1.54) is 0 Å². The average Bonchev–Trinajstić information content (AvgIpc) is 3.26. The molecule has 1 N–H and O–H groups in total. The Bertz CT molecular complexity index is 1140. The number of carbonyl (C=O) groups is 2. The van der Waals surface area contributed by atoms with Crippen LogP contribution in [0.1, 0.15) is 57.2 Å². The maximum atomic E-state index is 12.7. The summed E-state index contributed by atoms with van der Waals surface area (Å²) in [6, 6.07) is 9.06. The zero-order valence-electron chi connectivity index (χ0n) is 18.3. The van der Waals surface area contributed by atoms with Gasteiger partial charge in [0.15, 0.2) is 0 Å². The summed E-state index contributed by atoms with van der Waals surface area (Å²) in [4.78, 5) is 25.4. The Morgan fingerprint density at radius 3 is 2.69 bits per heavy atom. The molecule has 0 bridgehead atoms. The summed E-state index contributed by atoms with van der Waals surface area (Å²) < 4.78 is 8.26. The Morgan fingerprint density at radius 2 is 2.03 bits per heavy atom. The van der Waals surface area contributed by atoms with Crippen molar-refractivity contribution in [3.05, 3.63) is 59.0 Å². The molecule has 0 unspecified atom stereocenters. The summed E-state index contributed by atoms with van der Waals surface area (Å²) >= 11 is 6.04. The van der Waals surface area contributed by atoms with Crippen molar-refractivity contribution in [2.75, 3.05) is 5.32 Å². The first-order valence-corrected chi connectivity index (χ1v) is 11.0. The standard InChI is InChI=1S/C23H26ClN5O3/c1-23(2,3)32-22(31)29-20(12-19(27-29)16-6-4-7-16)26-21(30)10-15-13-25-28(14-15)18-9-5-8-17(24)11-18/h5,8-9,11-14,16H,4,6-7,10H2,1-3H3,(H,26,30). The van der Waals surface area contributed by atoms with E-state index in [2.05, 4.69) is 15.5 Å². The van der Waals surface area contributed by atoms with Gasteiger partial charge in [-0.15, -0.1) is 4.68 Å². The van der Waals surface area contributed by atoms with Crippen molar-refractivity contribution in [1.29, 1.82) is 0 Å². The van der Waals surface area contributed by atoms with Crippen LogP contribution in [0.3, 0.4) is 0 Å². The van der Waals surface area contributed by atoms with Crippen molar-refractivity contribution in [3.8, 4) is 5.69 Å². The van der Waals surface area contributed by atoms with Crippen LogP contribution in [0.25, 0.3) is 5.69 Å². The lowest BCUT2D eigenvalue weighted by atomic mass is 9.83. The molecule has 2 aromatic heterocycles. The van der Waals surface area contributed by atoms with Crippen LogP contribution in [0.15, 0.2) is 42.7 Å². The van der Waals surface area contributed by atoms with Crippen LogP contribution < -0.4 is 5.32 Å². The van der Waals surface area contributed by atoms with Crippen LogP contribution in [-0.4, -0.2) is 37.2 Å². The second-order valence-corrected chi connectivity index (χ2v) is 9.41. The van der Waals surface area contributed by atoms with Crippen molar-refractivity contribution < 1.29 is 14.3 Å². The number of amides is 1. The third-order valence-electron chi connectivity index (χ3n) is 5.16. The van der Waals surface area contributed by atoms with E-state index >= 15 is 0 Å². The van der Waals surface area contributed by atoms with Gasteiger partial charge in [0.25, 0.3) is 0 Å². The molecule has 0 radical (unpaired) electrons. The highest BCUT2D eigenvalue weighted by atomic mass is 35.5. The number of benzene rings is 1. The Morgan fingerprint density at radius 1 is 1.25 bits per heavy atom. The van der Waals surface area contributed by atoms with Crippen LogP contribution in [0.4, 0.5) is 10.6 Å². The van der Waals surface area contributed by atoms with E-state index in [4.69, 9.17) is 16.3 Å². The molecule has 1 aromatic carbocycles. The van der Waals surface area contributed by atoms with Gasteiger partial charge in [-0.05, 0) is 57.4 Å². The van der Waals surface area contributed by atoms with E-state index in [9.17, 15) is 9.59 Å². The predicted molar refractivity (Wildman–Crippen MR) is 121 cm³/mol. The number of ether oxygens (including phenoxy) is 1. The first kappa shape index (κ1) is 22.1. The highest BCUT2D eigenvalue weighted by Gasteiger charge is 2.28. The maximum Gasteiger partial charge on any atom is 0.437 e. The molecule has 1 aliphatic carbocycles. The van der Waals surface area contributed by atoms with E-state index in [1.54, 1.807) is 56.0 Å². The predicted octanol–water partition coefficient (Wildman–Crippen LogP) is 4.95. The largest absolute Gasteiger partial charge is 0.442 e. The lowest BCUT2D eigenvalue weighted by Gasteiger charge is -2.23. The van der Waals surface area contributed by atoms with Crippen LogP contribution in [0.2, 0.25) is 5.02 Å². The minimum atomic E-state index is -0.671. The van der Waals surface area contributed by atoms with Crippen LogP contribution in [0.5, 0.6) is 0 Å². The molecule has 1 saturated carbocycles. The van der Waals surface area contributed by atoms with Gasteiger partial charge in [0, 0.05) is 23.2 Å². The summed E-state index contributed by atoms with van der Waals surface area (Å²) in [6.45, 7) is 5.37. The fourth-order valence-corrected chi connectivity index (χ4v) is 3.60. The molecule has 2 heterocycles. The molecule has 1 fully saturated rings. The Hall–Kier alpha value is -3.13. The van der Waals surface area contributed by atoms with E-state index in [1.807, 2.05) is 12.1 Å². The summed E-state index contributed by atoms with van der Waals surface area (Å²) in [5, 5.41) is 12.1. The van der Waals surface area contributed by atoms with Gasteiger partial charge >= 0.3 is 6.09 Å². The van der Waals surface area contributed by atoms with Gasteiger partial charge in [0.1, 0.15) is 11.4 Å². The number of anilines is 1. The Labute approximate surface area is 191 Å². The Kier molecular flexibility index (Phi) is 6.06. The summed E-state index contributed by atoms with van der Waals surface area (Å²) in [6.07, 6.45) is 6.08. The fraction of sp³-hybridized carbons (Fsp3) is 0.391. The van der Waals surface area contributed by atoms with Gasteiger partial charge in [-0.25, -0.2) is 9.48 Å². The second-order valence-electron chi connectivity index (χ2n) is 8.97. The summed E-state index contributed by atoms with van der Waals surface area (Å²) in [5.41, 5.74) is 1.66. The monoisotopic (exact) mass is 455 g/mol. The van der Waals surface area contributed by atoms with E-state index in [-0.39, 0.29) is 12.3 Å². The number of hydrogen-bond donors (Lipinski definition) is 1. The Balaban J connectivity index is 1.49. The van der Waals surface area contributed by atoms with Gasteiger partial charge in [-0.3, -0.25) is 4.79 Å². The van der Waals surface area contributed by atoms with E-state index in [0.29, 0.717) is 16.8 Å². The second kappa shape index (κ2) is 8.78. The number of halogens is 1. The van der Waals surface area contributed by atoms with Crippen molar-refractivity contribution in [3.63, 3.8) is 0 Å². The summed E-state index contributed by atoms with van der Waals surface area (Å²) in [5.74, 6) is 0.346. The van der Waals surface area contributed by atoms with Crippen LogP contribution in [-0.2, 0) is 16.0 Å². The lowest BCUT2D eigenvalue weighted by Crippen LogP contribution is -2.29. The molecule has 32 heavy (non-hydrogen) atoms. The molecule has 0 saturated heterocycles. The third-order valence-corrected chi connectivity index (χ3v) is 5.39. The molecule has 9 heteroatoms. The van der Waals surface area contributed by atoms with Crippen molar-refractivity contribution in [2.45, 2.75) is 58.0 Å². The van der Waals surface area contributed by atoms with E-state index in [0.717, 1.165) is 40.9 Å². The molecular formula is C23H26ClN5O3. The average molecular weight is 456 g/mol. The number of hydrogen-bond acceptors (Lipinski definition) is 5. The number of aromatic nitrogens is 4. The van der Waals surface area contributed by atoms with Crippen molar-refractivity contribution in [2.24, 2.45) is 0 Å². The molecule has 8 nitrogen and oxygen atoms in total. The minimum absolute atomic E-state index is 0.0961. The zero-order valence-corrected chi connectivity index (χ0v) is 19.1. The fourth-order valence-electron chi connectivity index (χ4n) is 3.42. The first-order valence-electron chi connectivity index (χ1n) is 10.6. The first-order chi connectivity index (χ1) is 15.2. The third kappa shape index (κ3) is 5.19. The van der Waals surface area contributed by atoms with Gasteiger partial charge < -0.3 is 10.1 Å². The number of nitrogens with one attached hydrogen (secondary N) is 1. The molecule has 3 aromatic rings. The SMILES string of the molecule is CC(C)(C)OC(=O)n1nc(C2CCC2)cc1NC(=O)Cc1cnn(-c2cccc(Cl)c2)c1. The molecular weight excluding hydrogens is 430 g/mol. The molecule has 1 aliphatic rings. The van der Waals surface area contributed by atoms with Gasteiger partial charge in [0.2, 0.25) is 5.91 Å². The van der Waals surface area contributed by atoms with E-state index < -0.39 is 11.7 Å². The lowest BCUT2D eigenvalue weighted by molar-refractivity contribution is -0.115.